The molecule has 0 saturated carbocycles. The van der Waals surface area contributed by atoms with E-state index in [-0.39, 0.29) is 37.6 Å². The van der Waals surface area contributed by atoms with E-state index in [4.69, 9.17) is 4.74 Å². The number of likely N-dealkylation sites (N-methyl/N-ethyl adjacent to an activating group) is 1. The van der Waals surface area contributed by atoms with Crippen LogP contribution in [-0.4, -0.2) is 70.7 Å². The lowest BCUT2D eigenvalue weighted by molar-refractivity contribution is 0.0282. The number of fused-ring (bicyclic) bond motifs is 1. The monoisotopic (exact) mass is 464 g/mol. The maximum absolute atomic E-state index is 13.9. The number of β-amino-alcohol motifs (C(OH)–C–C–N with tert-alkyl or cyclic N) is 1. The normalized spacial score (nSPS) is 19.8. The number of nitrogens with one attached hydrogen (secondary N) is 1. The summed E-state index contributed by atoms with van der Waals surface area (Å²) in [5.41, 5.74) is -2.92. The van der Waals surface area contributed by atoms with Gasteiger partial charge in [0.1, 0.15) is 17.2 Å². The summed E-state index contributed by atoms with van der Waals surface area (Å²) in [5, 5.41) is 24.1. The third kappa shape index (κ3) is 3.60. The fraction of sp³-hybridized carbons (Fsp3) is 0.381. The number of ether oxygens (including phenoxy) is 1. The maximum atomic E-state index is 13.9. The van der Waals surface area contributed by atoms with Crippen molar-refractivity contribution in [2.75, 3.05) is 38.4 Å². The Kier molecular flexibility index (Phi) is 5.80. The summed E-state index contributed by atoms with van der Waals surface area (Å²) in [6, 6.07) is 2.85. The minimum absolute atomic E-state index is 0.00667. The first-order valence-corrected chi connectivity index (χ1v) is 10.2. The summed E-state index contributed by atoms with van der Waals surface area (Å²) in [4.78, 5) is 39.9. The van der Waals surface area contributed by atoms with Crippen LogP contribution in [0.4, 0.5) is 8.78 Å². The Bertz CT molecular complexity index is 1180. The van der Waals surface area contributed by atoms with Gasteiger partial charge in [0.15, 0.2) is 17.1 Å². The molecule has 2 aliphatic heterocycles. The van der Waals surface area contributed by atoms with Crippen molar-refractivity contribution >= 4 is 11.8 Å². The lowest BCUT2D eigenvalue weighted by atomic mass is 10.0. The Labute approximate surface area is 186 Å². The molecule has 1 aromatic carbocycles. The van der Waals surface area contributed by atoms with Gasteiger partial charge >= 0.3 is 0 Å². The minimum Gasteiger partial charge on any atom is -0.502 e. The van der Waals surface area contributed by atoms with Gasteiger partial charge in [-0.15, -0.1) is 0 Å². The fourth-order valence-electron chi connectivity index (χ4n) is 4.22. The van der Waals surface area contributed by atoms with Gasteiger partial charge in [-0.2, -0.15) is 0 Å². The average molecular weight is 464 g/mol. The van der Waals surface area contributed by atoms with E-state index in [1.807, 2.05) is 0 Å². The highest BCUT2D eigenvalue weighted by Gasteiger charge is 2.52. The Hall–Kier alpha value is -3.51. The number of nitrogens with zero attached hydrogens (tertiary/aromatic N) is 3. The molecule has 10 nitrogen and oxygen atoms in total. The fourth-order valence-corrected chi connectivity index (χ4v) is 4.22. The van der Waals surface area contributed by atoms with E-state index in [1.54, 1.807) is 5.01 Å². The van der Waals surface area contributed by atoms with Crippen LogP contribution < -0.4 is 15.8 Å². The first-order valence-electron chi connectivity index (χ1n) is 10.2. The Balaban J connectivity index is 1.74. The average Bonchev–Trinajstić information content (AvgIpc) is 3.27. The Morgan fingerprint density at radius 1 is 1.30 bits per heavy atom. The summed E-state index contributed by atoms with van der Waals surface area (Å²) in [6.07, 6.45) is 1.50. The molecular weight excluding hydrogens is 442 g/mol. The molecule has 4 rings (SSSR count). The topological polar surface area (TPSA) is 124 Å². The molecule has 1 saturated heterocycles. The Morgan fingerprint density at radius 3 is 2.70 bits per heavy atom. The van der Waals surface area contributed by atoms with E-state index in [1.165, 1.54) is 16.6 Å². The Morgan fingerprint density at radius 2 is 2.06 bits per heavy atom. The largest absolute Gasteiger partial charge is 0.502 e. The van der Waals surface area contributed by atoms with Crippen LogP contribution in [0.5, 0.6) is 5.75 Å². The van der Waals surface area contributed by atoms with Crippen LogP contribution in [0.1, 0.15) is 32.8 Å². The number of benzene rings is 1. The predicted octanol–water partition coefficient (Wildman–Crippen LogP) is -0.105. The molecule has 12 heteroatoms. The van der Waals surface area contributed by atoms with Gasteiger partial charge in [-0.1, -0.05) is 6.07 Å². The molecule has 0 aliphatic carbocycles. The van der Waals surface area contributed by atoms with E-state index in [0.29, 0.717) is 19.1 Å². The highest BCUT2D eigenvalue weighted by Crippen LogP contribution is 2.35. The van der Waals surface area contributed by atoms with Gasteiger partial charge in [0.2, 0.25) is 5.43 Å². The molecule has 0 radical (unpaired) electrons. The van der Waals surface area contributed by atoms with Crippen LogP contribution >= 0.6 is 0 Å². The molecule has 2 aliphatic rings. The van der Waals surface area contributed by atoms with Crippen LogP contribution in [0.3, 0.4) is 0 Å². The van der Waals surface area contributed by atoms with E-state index in [2.05, 4.69) is 5.32 Å². The number of pyridine rings is 1. The van der Waals surface area contributed by atoms with Gasteiger partial charge in [0, 0.05) is 37.8 Å². The zero-order chi connectivity index (χ0) is 23.9. The number of hydrogen-bond donors (Lipinski definition) is 3. The van der Waals surface area contributed by atoms with Crippen molar-refractivity contribution in [2.24, 2.45) is 0 Å². The second-order valence-corrected chi connectivity index (χ2v) is 7.83. The molecule has 1 aromatic heterocycles. The lowest BCUT2D eigenvalue weighted by Crippen LogP contribution is -2.70. The minimum atomic E-state index is -1.08. The number of carbonyl (C=O) groups excluding carboxylic acids is 2. The van der Waals surface area contributed by atoms with E-state index >= 15 is 0 Å². The number of carbonyl (C=O) groups is 2. The summed E-state index contributed by atoms with van der Waals surface area (Å²) < 4.78 is 33.6. The quantitative estimate of drug-likeness (QED) is 0.564. The molecule has 2 aromatic rings. The number of hydrogen-bond acceptors (Lipinski definition) is 7. The number of aromatic hydroxyl groups is 1. The van der Waals surface area contributed by atoms with Crippen molar-refractivity contribution in [3.63, 3.8) is 0 Å². The van der Waals surface area contributed by atoms with E-state index < -0.39 is 45.9 Å². The van der Waals surface area contributed by atoms with Gasteiger partial charge in [-0.3, -0.25) is 24.1 Å². The lowest BCUT2D eigenvalue weighted by Gasteiger charge is -2.51. The number of aliphatic hydroxyl groups excluding tert-OH is 1. The van der Waals surface area contributed by atoms with Crippen molar-refractivity contribution in [3.05, 3.63) is 63.1 Å². The van der Waals surface area contributed by atoms with Crippen LogP contribution in [-0.2, 0) is 11.3 Å². The summed E-state index contributed by atoms with van der Waals surface area (Å²) >= 11 is 0. The molecule has 1 atom stereocenters. The van der Waals surface area contributed by atoms with Crippen molar-refractivity contribution in [3.8, 4) is 5.75 Å². The van der Waals surface area contributed by atoms with Crippen molar-refractivity contribution in [1.82, 2.24) is 14.9 Å². The first kappa shape index (κ1) is 22.7. The molecule has 33 heavy (non-hydrogen) atoms. The zero-order valence-electron chi connectivity index (χ0n) is 17.7. The van der Waals surface area contributed by atoms with Crippen LogP contribution in [0.2, 0.25) is 0 Å². The van der Waals surface area contributed by atoms with E-state index in [9.17, 15) is 33.4 Å². The van der Waals surface area contributed by atoms with Crippen molar-refractivity contribution in [1.29, 1.82) is 0 Å². The molecule has 1 spiro atoms. The first-order chi connectivity index (χ1) is 15.7. The third-order valence-electron chi connectivity index (χ3n) is 6.03. The summed E-state index contributed by atoms with van der Waals surface area (Å²) in [6.45, 7) is -0.184. The predicted molar refractivity (Wildman–Crippen MR) is 110 cm³/mol. The van der Waals surface area contributed by atoms with Gasteiger partial charge in [0.25, 0.3) is 11.8 Å². The zero-order valence-corrected chi connectivity index (χ0v) is 17.7. The number of aromatic nitrogens is 1. The number of rotatable bonds is 5. The highest BCUT2D eigenvalue weighted by atomic mass is 19.1. The van der Waals surface area contributed by atoms with Crippen LogP contribution in [0.15, 0.2) is 29.2 Å². The highest BCUT2D eigenvalue weighted by molar-refractivity contribution is 5.99. The molecular formula is C21H22F2N4O6. The maximum Gasteiger partial charge on any atom is 0.278 e. The molecule has 2 amide bonds. The van der Waals surface area contributed by atoms with Crippen LogP contribution in [0, 0.1) is 11.6 Å². The molecule has 3 heterocycles. The SMILES string of the molecule is CN1C(=O)c2c(O)c(=O)c(C(=O)NCc3ccc(F)cc3F)cn2N(CCO)C12CCOC2. The molecule has 176 valence electrons. The van der Waals surface area contributed by atoms with Crippen LogP contribution in [0.25, 0.3) is 0 Å². The van der Waals surface area contributed by atoms with Crippen molar-refractivity contribution < 1.29 is 33.3 Å². The number of amides is 2. The van der Waals surface area contributed by atoms with Gasteiger partial charge < -0.3 is 25.2 Å². The number of aliphatic hydroxyl groups is 1. The second kappa shape index (κ2) is 8.45. The molecule has 1 unspecified atom stereocenters. The van der Waals surface area contributed by atoms with E-state index in [0.717, 1.165) is 18.3 Å². The smallest absolute Gasteiger partial charge is 0.278 e. The van der Waals surface area contributed by atoms with Crippen molar-refractivity contribution in [2.45, 2.75) is 18.6 Å². The molecule has 3 N–H and O–H groups in total. The molecule has 1 fully saturated rings. The molecule has 0 bridgehead atoms. The third-order valence-corrected chi connectivity index (χ3v) is 6.03. The summed E-state index contributed by atoms with van der Waals surface area (Å²) in [5.74, 6) is -4.15. The second-order valence-electron chi connectivity index (χ2n) is 7.83. The van der Waals surface area contributed by atoms with Gasteiger partial charge in [-0.25, -0.2) is 8.78 Å². The van der Waals surface area contributed by atoms with Gasteiger partial charge in [-0.05, 0) is 6.07 Å². The number of halogens is 2. The van der Waals surface area contributed by atoms with Gasteiger partial charge in [0.05, 0.1) is 26.4 Å². The standard InChI is InChI=1S/C21H22F2N4O6/c1-25-20(32)16-18(30)17(29)14(19(31)24-9-12-2-3-13(22)8-15(12)23)10-26(16)27(5-6-28)21(25)4-7-33-11-21/h2-3,8,10,28,30H,4-7,9,11H2,1H3,(H,24,31). The summed E-state index contributed by atoms with van der Waals surface area (Å²) in [7, 11) is 1.51.